The number of carbonyl (C=O) groups is 1. The molecule has 1 saturated heterocycles. The molecule has 0 atom stereocenters. The Morgan fingerprint density at radius 3 is 2.34 bits per heavy atom. The number of amides is 1. The molecule has 1 aromatic carbocycles. The monoisotopic (exact) mass is 520 g/mol. The summed E-state index contributed by atoms with van der Waals surface area (Å²) in [4.78, 5) is 20.1. The number of nitrogens with zero attached hydrogens (tertiary/aromatic N) is 3. The molecule has 0 spiro atoms. The van der Waals surface area contributed by atoms with Gasteiger partial charge in [-0.3, -0.25) is 4.99 Å². The lowest BCUT2D eigenvalue weighted by atomic mass is 10.1. The summed E-state index contributed by atoms with van der Waals surface area (Å²) in [6.45, 7) is 5.82. The maximum atomic E-state index is 11.8. The molecule has 0 bridgehead atoms. The van der Waals surface area contributed by atoms with Crippen molar-refractivity contribution in [2.24, 2.45) is 4.99 Å². The Balaban J connectivity index is 0.00000420. The minimum atomic E-state index is -0.236. The standard InChI is InChI=1S/C20H32N4O4.HI/c1-5-28-20(25)24-13-11-23(12-14-24)19(21-2)22-10-6-7-16-8-9-17(26-3)18(15-16)27-4;/h8-9,15H,5-7,10-14H2,1-4H3,(H,21,22);1H. The van der Waals surface area contributed by atoms with Gasteiger partial charge in [0.15, 0.2) is 17.5 Å². The first-order chi connectivity index (χ1) is 13.6. The Morgan fingerprint density at radius 2 is 1.76 bits per heavy atom. The van der Waals surface area contributed by atoms with E-state index in [0.717, 1.165) is 49.9 Å². The average Bonchev–Trinajstić information content (AvgIpc) is 2.74. The van der Waals surface area contributed by atoms with Gasteiger partial charge in [-0.15, -0.1) is 24.0 Å². The molecular formula is C20H33IN4O4. The summed E-state index contributed by atoms with van der Waals surface area (Å²) in [6.07, 6.45) is 1.66. The fraction of sp³-hybridized carbons (Fsp3) is 0.600. The number of aryl methyl sites for hydroxylation is 1. The van der Waals surface area contributed by atoms with Crippen molar-refractivity contribution in [3.05, 3.63) is 23.8 Å². The van der Waals surface area contributed by atoms with Crippen LogP contribution >= 0.6 is 24.0 Å². The molecule has 0 radical (unpaired) electrons. The second-order valence-electron chi connectivity index (χ2n) is 6.44. The molecule has 1 amide bonds. The van der Waals surface area contributed by atoms with Crippen molar-refractivity contribution >= 4 is 36.0 Å². The molecule has 1 heterocycles. The van der Waals surface area contributed by atoms with Crippen LogP contribution in [0.15, 0.2) is 23.2 Å². The number of methoxy groups -OCH3 is 2. The zero-order valence-corrected chi connectivity index (χ0v) is 20.1. The average molecular weight is 520 g/mol. The molecule has 1 aromatic rings. The molecule has 0 saturated carbocycles. The van der Waals surface area contributed by atoms with Gasteiger partial charge < -0.3 is 29.3 Å². The van der Waals surface area contributed by atoms with Gasteiger partial charge in [0.05, 0.1) is 20.8 Å². The number of nitrogens with one attached hydrogen (secondary N) is 1. The number of hydrogen-bond acceptors (Lipinski definition) is 5. The third kappa shape index (κ3) is 7.45. The molecule has 1 aliphatic heterocycles. The van der Waals surface area contributed by atoms with Crippen LogP contribution in [0.2, 0.25) is 0 Å². The summed E-state index contributed by atoms with van der Waals surface area (Å²) in [6, 6.07) is 6.01. The largest absolute Gasteiger partial charge is 0.493 e. The van der Waals surface area contributed by atoms with Gasteiger partial charge in [-0.05, 0) is 37.5 Å². The van der Waals surface area contributed by atoms with E-state index >= 15 is 0 Å². The van der Waals surface area contributed by atoms with Gasteiger partial charge in [0, 0.05) is 39.8 Å². The predicted molar refractivity (Wildman–Crippen MR) is 125 cm³/mol. The molecule has 0 aliphatic carbocycles. The smallest absolute Gasteiger partial charge is 0.409 e. The second-order valence-corrected chi connectivity index (χ2v) is 6.44. The highest BCUT2D eigenvalue weighted by Gasteiger charge is 2.23. The zero-order chi connectivity index (χ0) is 20.4. The molecule has 1 fully saturated rings. The van der Waals surface area contributed by atoms with E-state index in [1.807, 2.05) is 19.1 Å². The third-order valence-electron chi connectivity index (χ3n) is 4.69. The van der Waals surface area contributed by atoms with Gasteiger partial charge in [-0.2, -0.15) is 0 Å². The molecule has 9 heteroatoms. The summed E-state index contributed by atoms with van der Waals surface area (Å²) in [5.41, 5.74) is 1.21. The maximum absolute atomic E-state index is 11.8. The van der Waals surface area contributed by atoms with E-state index in [1.54, 1.807) is 26.2 Å². The second kappa shape index (κ2) is 13.3. The number of carbonyl (C=O) groups excluding carboxylic acids is 1. The molecule has 2 rings (SSSR count). The Hall–Kier alpha value is -1.91. The number of piperazine rings is 1. The summed E-state index contributed by atoms with van der Waals surface area (Å²) in [7, 11) is 5.07. The topological polar surface area (TPSA) is 75.6 Å². The number of hydrogen-bond donors (Lipinski definition) is 1. The fourth-order valence-electron chi connectivity index (χ4n) is 3.18. The van der Waals surface area contributed by atoms with Gasteiger partial charge in [-0.1, -0.05) is 6.07 Å². The first-order valence-electron chi connectivity index (χ1n) is 9.71. The van der Waals surface area contributed by atoms with Gasteiger partial charge in [-0.25, -0.2) is 4.79 Å². The van der Waals surface area contributed by atoms with Crippen LogP contribution in [0.25, 0.3) is 0 Å². The van der Waals surface area contributed by atoms with Crippen molar-refractivity contribution in [1.82, 2.24) is 15.1 Å². The van der Waals surface area contributed by atoms with Crippen LogP contribution < -0.4 is 14.8 Å². The quantitative estimate of drug-likeness (QED) is 0.258. The lowest BCUT2D eigenvalue weighted by Crippen LogP contribution is -2.54. The van der Waals surface area contributed by atoms with Crippen LogP contribution in [0, 0.1) is 0 Å². The lowest BCUT2D eigenvalue weighted by molar-refractivity contribution is 0.0914. The summed E-state index contributed by atoms with van der Waals surface area (Å²) >= 11 is 0. The molecule has 0 unspecified atom stereocenters. The van der Waals surface area contributed by atoms with Crippen molar-refractivity contribution in [3.8, 4) is 11.5 Å². The highest BCUT2D eigenvalue weighted by molar-refractivity contribution is 14.0. The molecule has 29 heavy (non-hydrogen) atoms. The van der Waals surface area contributed by atoms with Crippen molar-refractivity contribution in [3.63, 3.8) is 0 Å². The van der Waals surface area contributed by atoms with Gasteiger partial charge in [0.25, 0.3) is 0 Å². The maximum Gasteiger partial charge on any atom is 0.409 e. The first-order valence-corrected chi connectivity index (χ1v) is 9.71. The number of ether oxygens (including phenoxy) is 3. The molecule has 1 aliphatic rings. The molecule has 1 N–H and O–H groups in total. The first kappa shape index (κ1) is 25.1. The van der Waals surface area contributed by atoms with Crippen molar-refractivity contribution in [1.29, 1.82) is 0 Å². The van der Waals surface area contributed by atoms with Crippen LogP contribution in [0.5, 0.6) is 11.5 Å². The highest BCUT2D eigenvalue weighted by atomic mass is 127. The van der Waals surface area contributed by atoms with Crippen LogP contribution in [0.1, 0.15) is 18.9 Å². The summed E-state index contributed by atoms with van der Waals surface area (Å²) in [5.74, 6) is 2.37. The predicted octanol–water partition coefficient (Wildman–Crippen LogP) is 2.60. The Bertz CT molecular complexity index is 664. The van der Waals surface area contributed by atoms with Gasteiger partial charge in [0.1, 0.15) is 0 Å². The van der Waals surface area contributed by atoms with E-state index in [-0.39, 0.29) is 30.1 Å². The Kier molecular flexibility index (Phi) is 11.6. The van der Waals surface area contributed by atoms with Gasteiger partial charge >= 0.3 is 6.09 Å². The molecule has 164 valence electrons. The van der Waals surface area contributed by atoms with E-state index < -0.39 is 0 Å². The molecule has 8 nitrogen and oxygen atoms in total. The number of halogens is 1. The summed E-state index contributed by atoms with van der Waals surface area (Å²) in [5, 5.41) is 3.42. The Labute approximate surface area is 190 Å². The Morgan fingerprint density at radius 1 is 1.10 bits per heavy atom. The van der Waals surface area contributed by atoms with E-state index in [9.17, 15) is 4.79 Å². The number of aliphatic imine (C=N–C) groups is 1. The number of benzene rings is 1. The van der Waals surface area contributed by atoms with Gasteiger partial charge in [0.2, 0.25) is 0 Å². The van der Waals surface area contributed by atoms with E-state index in [0.29, 0.717) is 19.7 Å². The number of rotatable bonds is 7. The molecular weight excluding hydrogens is 487 g/mol. The minimum absolute atomic E-state index is 0. The zero-order valence-electron chi connectivity index (χ0n) is 17.8. The number of guanidine groups is 1. The van der Waals surface area contributed by atoms with Crippen LogP contribution in [0.4, 0.5) is 4.79 Å². The van der Waals surface area contributed by atoms with E-state index in [4.69, 9.17) is 14.2 Å². The lowest BCUT2D eigenvalue weighted by Gasteiger charge is -2.35. The third-order valence-corrected chi connectivity index (χ3v) is 4.69. The van der Waals surface area contributed by atoms with Crippen LogP contribution in [-0.4, -0.2) is 82.5 Å². The van der Waals surface area contributed by atoms with Crippen molar-refractivity contribution in [2.45, 2.75) is 19.8 Å². The van der Waals surface area contributed by atoms with Crippen LogP contribution in [-0.2, 0) is 11.2 Å². The molecule has 0 aromatic heterocycles. The summed E-state index contributed by atoms with van der Waals surface area (Å²) < 4.78 is 15.7. The fourth-order valence-corrected chi connectivity index (χ4v) is 3.18. The SMILES string of the molecule is CCOC(=O)N1CCN(C(=NC)NCCCc2ccc(OC)c(OC)c2)CC1.I. The van der Waals surface area contributed by atoms with Crippen LogP contribution in [0.3, 0.4) is 0 Å². The normalized spacial score (nSPS) is 14.1. The van der Waals surface area contributed by atoms with E-state index in [2.05, 4.69) is 21.3 Å². The van der Waals surface area contributed by atoms with E-state index in [1.165, 1.54) is 5.56 Å². The van der Waals surface area contributed by atoms with Crippen molar-refractivity contribution in [2.75, 3.05) is 60.6 Å². The van der Waals surface area contributed by atoms with Crippen molar-refractivity contribution < 1.29 is 19.0 Å². The minimum Gasteiger partial charge on any atom is -0.493 e. The highest BCUT2D eigenvalue weighted by Crippen LogP contribution is 2.27.